The fraction of sp³-hybridized carbons (Fsp3) is 0.172. The monoisotopic (exact) mass is 468 g/mol. The van der Waals surface area contributed by atoms with Gasteiger partial charge in [0.05, 0.1) is 23.8 Å². The van der Waals surface area contributed by atoms with Crippen LogP contribution < -0.4 is 5.32 Å². The molecular weight excluding hydrogens is 439 g/mol. The maximum Gasteiger partial charge on any atom is 0.152 e. The topological polar surface area (TPSA) is 50.2 Å². The van der Waals surface area contributed by atoms with E-state index in [-0.39, 0.29) is 11.9 Å². The van der Waals surface area contributed by atoms with E-state index in [2.05, 4.69) is 23.5 Å². The summed E-state index contributed by atoms with van der Waals surface area (Å²) in [5.74, 6) is -0.242. The molecule has 2 heterocycles. The molecule has 1 aliphatic rings. The van der Waals surface area contributed by atoms with Gasteiger partial charge in [-0.05, 0) is 80.3 Å². The fourth-order valence-electron chi connectivity index (χ4n) is 4.24. The number of aryl methyl sites for hydroxylation is 2. The van der Waals surface area contributed by atoms with Gasteiger partial charge in [0.15, 0.2) is 6.29 Å². The second-order valence-electron chi connectivity index (χ2n) is 8.86. The van der Waals surface area contributed by atoms with Gasteiger partial charge in [-0.1, -0.05) is 25.3 Å². The summed E-state index contributed by atoms with van der Waals surface area (Å²) < 4.78 is 15.8. The molecule has 35 heavy (non-hydrogen) atoms. The molecule has 1 aromatic heterocycles. The number of hydrogen-bond donors (Lipinski definition) is 1. The Balaban J connectivity index is 1.53. The highest BCUT2D eigenvalue weighted by Gasteiger charge is 2.22. The van der Waals surface area contributed by atoms with Crippen LogP contribution in [0.15, 0.2) is 91.3 Å². The van der Waals surface area contributed by atoms with Crippen molar-refractivity contribution < 1.29 is 9.18 Å². The Morgan fingerprint density at radius 2 is 1.94 bits per heavy atom. The number of hydrogen-bond acceptors (Lipinski definition) is 4. The Hall–Kier alpha value is -4.19. The summed E-state index contributed by atoms with van der Waals surface area (Å²) in [5, 5.41) is 3.36. The summed E-state index contributed by atoms with van der Waals surface area (Å²) in [4.78, 5) is 18.1. The fourth-order valence-corrected chi connectivity index (χ4v) is 4.24. The van der Waals surface area contributed by atoms with Crippen molar-refractivity contribution in [2.24, 2.45) is 0 Å². The summed E-state index contributed by atoms with van der Waals surface area (Å²) in [5.41, 5.74) is 8.04. The van der Waals surface area contributed by atoms with Gasteiger partial charge in [-0.3, -0.25) is 4.79 Å². The van der Waals surface area contributed by atoms with Crippen molar-refractivity contribution in [2.45, 2.75) is 33.7 Å². The molecule has 0 saturated carbocycles. The number of nitrogens with zero attached hydrogens (tertiary/aromatic N) is 3. The van der Waals surface area contributed by atoms with Crippen molar-refractivity contribution in [3.63, 3.8) is 0 Å². The van der Waals surface area contributed by atoms with E-state index < -0.39 is 0 Å². The maximum absolute atomic E-state index is 14.0. The molecule has 1 atom stereocenters. The summed E-state index contributed by atoms with van der Waals surface area (Å²) in [6.07, 6.45) is 8.30. The zero-order chi connectivity index (χ0) is 25.3. The number of carbonyl (C=O) groups is 1. The van der Waals surface area contributed by atoms with Crippen LogP contribution in [0.5, 0.6) is 0 Å². The Morgan fingerprint density at radius 1 is 1.17 bits per heavy atom. The van der Waals surface area contributed by atoms with Crippen molar-refractivity contribution in [3.05, 3.63) is 125 Å². The lowest BCUT2D eigenvalue weighted by atomic mass is 10.00. The molecule has 6 heteroatoms. The Kier molecular flexibility index (Phi) is 6.56. The predicted octanol–water partition coefficient (Wildman–Crippen LogP) is 6.38. The number of aromatic nitrogens is 2. The van der Waals surface area contributed by atoms with Crippen molar-refractivity contribution >= 4 is 12.0 Å². The molecule has 2 aromatic carbocycles. The van der Waals surface area contributed by atoms with Gasteiger partial charge in [0, 0.05) is 35.1 Å². The van der Waals surface area contributed by atoms with Gasteiger partial charge in [0.25, 0.3) is 0 Å². The number of allylic oxidation sites excluding steroid dienone is 2. The van der Waals surface area contributed by atoms with Crippen molar-refractivity contribution in [3.8, 4) is 5.69 Å². The number of aldehydes is 1. The van der Waals surface area contributed by atoms with E-state index in [9.17, 15) is 9.18 Å². The summed E-state index contributed by atoms with van der Waals surface area (Å²) >= 11 is 0. The van der Waals surface area contributed by atoms with E-state index in [0.717, 1.165) is 51.3 Å². The van der Waals surface area contributed by atoms with E-state index in [4.69, 9.17) is 0 Å². The largest absolute Gasteiger partial charge is 0.355 e. The first kappa shape index (κ1) is 24.0. The minimum atomic E-state index is -0.242. The molecule has 1 aliphatic heterocycles. The van der Waals surface area contributed by atoms with Gasteiger partial charge in [0.1, 0.15) is 5.82 Å². The minimum Gasteiger partial charge on any atom is -0.355 e. The van der Waals surface area contributed by atoms with Crippen LogP contribution in [0, 0.1) is 19.7 Å². The maximum atomic E-state index is 14.0. The van der Waals surface area contributed by atoms with Crippen molar-refractivity contribution in [2.75, 3.05) is 0 Å². The first-order valence-electron chi connectivity index (χ1n) is 11.4. The number of benzene rings is 2. The number of nitrogens with one attached hydrogen (secondary N) is 1. The van der Waals surface area contributed by atoms with Gasteiger partial charge in [0.2, 0.25) is 0 Å². The molecule has 178 valence electrons. The number of rotatable bonds is 7. The molecular formula is C29H29FN4O. The van der Waals surface area contributed by atoms with Gasteiger partial charge in [-0.2, -0.15) is 0 Å². The zero-order valence-corrected chi connectivity index (χ0v) is 20.5. The molecule has 0 aliphatic carbocycles. The van der Waals surface area contributed by atoms with Crippen LogP contribution in [0.2, 0.25) is 0 Å². The van der Waals surface area contributed by atoms with Crippen LogP contribution in [0.1, 0.15) is 52.6 Å². The third kappa shape index (κ3) is 4.87. The highest BCUT2D eigenvalue weighted by Crippen LogP contribution is 2.33. The van der Waals surface area contributed by atoms with Crippen LogP contribution >= 0.6 is 0 Å². The summed E-state index contributed by atoms with van der Waals surface area (Å²) in [6, 6.07) is 10.6. The van der Waals surface area contributed by atoms with Gasteiger partial charge in [-0.25, -0.2) is 9.37 Å². The Bertz CT molecular complexity index is 1380. The third-order valence-electron chi connectivity index (χ3n) is 6.29. The molecule has 0 bridgehead atoms. The highest BCUT2D eigenvalue weighted by molar-refractivity contribution is 5.83. The third-order valence-corrected chi connectivity index (χ3v) is 6.29. The second-order valence-corrected chi connectivity index (χ2v) is 8.86. The van der Waals surface area contributed by atoms with Crippen LogP contribution in [-0.4, -0.2) is 20.7 Å². The molecule has 0 saturated heterocycles. The first-order valence-corrected chi connectivity index (χ1v) is 11.4. The van der Waals surface area contributed by atoms with Gasteiger partial charge in [-0.15, -0.1) is 0 Å². The molecule has 5 nitrogen and oxygen atoms in total. The summed E-state index contributed by atoms with van der Waals surface area (Å²) in [6.45, 7) is 16.3. The molecule has 0 amide bonds. The lowest BCUT2D eigenvalue weighted by Crippen LogP contribution is -2.26. The van der Waals surface area contributed by atoms with E-state index in [1.807, 2.05) is 79.9 Å². The van der Waals surface area contributed by atoms with Crippen LogP contribution in [0.4, 0.5) is 4.39 Å². The predicted molar refractivity (Wildman–Crippen MR) is 138 cm³/mol. The molecule has 3 aromatic rings. The van der Waals surface area contributed by atoms with Gasteiger partial charge < -0.3 is 14.8 Å². The molecule has 0 spiro atoms. The SMILES string of the molecule is C=C(NC1=C(C)C(=C)N(C(C)c2cc(C)cc(F)c2)C=C1)c1ccc(-n2cnc(C)c2)c(C=O)c1. The van der Waals surface area contributed by atoms with Crippen LogP contribution in [0.25, 0.3) is 11.4 Å². The lowest BCUT2D eigenvalue weighted by molar-refractivity contribution is 0.112. The molecule has 1 N–H and O–H groups in total. The Morgan fingerprint density at radius 3 is 2.60 bits per heavy atom. The summed E-state index contributed by atoms with van der Waals surface area (Å²) in [7, 11) is 0. The lowest BCUT2D eigenvalue weighted by Gasteiger charge is -2.34. The van der Waals surface area contributed by atoms with Crippen molar-refractivity contribution in [1.29, 1.82) is 0 Å². The minimum absolute atomic E-state index is 0.0811. The van der Waals surface area contributed by atoms with E-state index in [0.29, 0.717) is 11.3 Å². The smallest absolute Gasteiger partial charge is 0.152 e. The quantitative estimate of drug-likeness (QED) is 0.409. The second kappa shape index (κ2) is 9.58. The standard InChI is InChI=1S/C29H29FN4O/c1-18-11-25(14-27(30)12-18)23(6)34-10-9-28(20(3)22(34)5)32-21(4)24-7-8-29(26(13-24)16-35)33-15-19(2)31-17-33/h7-17,23,32H,4-5H2,1-3,6H3. The average Bonchev–Trinajstić information content (AvgIpc) is 3.26. The average molecular weight is 469 g/mol. The van der Waals surface area contributed by atoms with Gasteiger partial charge >= 0.3 is 0 Å². The molecule has 1 unspecified atom stereocenters. The van der Waals surface area contributed by atoms with E-state index in [1.54, 1.807) is 12.4 Å². The molecule has 0 fully saturated rings. The van der Waals surface area contributed by atoms with Crippen molar-refractivity contribution in [1.82, 2.24) is 19.8 Å². The van der Waals surface area contributed by atoms with Crippen LogP contribution in [0.3, 0.4) is 0 Å². The van der Waals surface area contributed by atoms with Crippen LogP contribution in [-0.2, 0) is 0 Å². The number of imidazole rings is 1. The zero-order valence-electron chi connectivity index (χ0n) is 20.5. The Labute approximate surface area is 205 Å². The highest BCUT2D eigenvalue weighted by atomic mass is 19.1. The normalized spacial score (nSPS) is 14.3. The molecule has 4 rings (SSSR count). The number of halogens is 1. The number of carbonyl (C=O) groups excluding carboxylic acids is 1. The first-order chi connectivity index (χ1) is 16.7. The van der Waals surface area contributed by atoms with E-state index >= 15 is 0 Å². The molecule has 0 radical (unpaired) electrons. The van der Waals surface area contributed by atoms with E-state index in [1.165, 1.54) is 6.07 Å².